The largest absolute Gasteiger partial charge is 1.00 e. The Morgan fingerprint density at radius 1 is 0.926 bits per heavy atom. The molecule has 0 radical (unpaired) electrons. The second-order valence-corrected chi connectivity index (χ2v) is 8.35. The summed E-state index contributed by atoms with van der Waals surface area (Å²) in [5.74, 6) is 0.936. The Morgan fingerprint density at radius 2 is 1.48 bits per heavy atom. The summed E-state index contributed by atoms with van der Waals surface area (Å²) in [5, 5.41) is 11.5. The lowest BCUT2D eigenvalue weighted by Gasteiger charge is -2.06. The zero-order valence-corrected chi connectivity index (χ0v) is 18.4. The van der Waals surface area contributed by atoms with Crippen molar-refractivity contribution in [1.29, 1.82) is 0 Å². The Kier molecular flexibility index (Phi) is 7.18. The van der Waals surface area contributed by atoms with Crippen LogP contribution in [0.15, 0.2) is 46.9 Å². The quantitative estimate of drug-likeness (QED) is 0.418. The maximum Gasteiger partial charge on any atom is 0.304 e. The lowest BCUT2D eigenvalue weighted by atomic mass is 10.5. The molecule has 0 aromatic carbocycles. The van der Waals surface area contributed by atoms with Crippen LogP contribution in [0.5, 0.6) is 0 Å². The van der Waals surface area contributed by atoms with E-state index in [0.29, 0.717) is 0 Å². The van der Waals surface area contributed by atoms with Crippen LogP contribution in [0.25, 0.3) is 0 Å². The van der Waals surface area contributed by atoms with E-state index in [1.807, 2.05) is 69.3 Å². The van der Waals surface area contributed by atoms with E-state index in [-0.39, 0.29) is 12.4 Å². The van der Waals surface area contributed by atoms with Gasteiger partial charge < -0.3 is 22.2 Å². The smallest absolute Gasteiger partial charge is 0.304 e. The molecule has 0 N–H and O–H groups in total. The van der Waals surface area contributed by atoms with Gasteiger partial charge in [-0.1, -0.05) is 10.2 Å². The third-order valence-corrected chi connectivity index (χ3v) is 6.11. The van der Waals surface area contributed by atoms with Crippen molar-refractivity contribution in [2.75, 3.05) is 38.0 Å². The summed E-state index contributed by atoms with van der Waals surface area (Å²) in [6.07, 6.45) is 7.56. The Hall–Kier alpha value is -2.16. The molecule has 0 saturated carbocycles. The van der Waals surface area contributed by atoms with Gasteiger partial charge in [0, 0.05) is 35.1 Å². The number of rotatable bonds is 6. The van der Waals surface area contributed by atoms with Crippen LogP contribution >= 0.6 is 22.7 Å². The summed E-state index contributed by atoms with van der Waals surface area (Å²) in [6.45, 7) is 1.99. The van der Waals surface area contributed by atoms with Gasteiger partial charge in [0.2, 0.25) is 0 Å². The van der Waals surface area contributed by atoms with Crippen LogP contribution in [-0.2, 0) is 0 Å². The maximum atomic E-state index is 4.54. The molecule has 0 fully saturated rings. The Balaban J connectivity index is 0.00000261. The van der Waals surface area contributed by atoms with Gasteiger partial charge in [-0.05, 0) is 24.3 Å². The molecule has 0 unspecified atom stereocenters. The average molecular weight is 423 g/mol. The minimum absolute atomic E-state index is 0. The summed E-state index contributed by atoms with van der Waals surface area (Å²) in [4.78, 5) is 6.42. The Bertz CT molecular complexity index is 862. The van der Waals surface area contributed by atoms with Crippen LogP contribution in [0.4, 0.5) is 10.0 Å². The normalized spacial score (nSPS) is 11.3. The lowest BCUT2D eigenvalue weighted by Crippen LogP contribution is -3.00. The Morgan fingerprint density at radius 3 is 2.00 bits per heavy atom. The van der Waals surface area contributed by atoms with Gasteiger partial charge in [-0.15, -0.1) is 32.0 Å². The fourth-order valence-electron chi connectivity index (χ4n) is 2.23. The van der Waals surface area contributed by atoms with E-state index in [4.69, 9.17) is 0 Å². The second kappa shape index (κ2) is 9.16. The molecule has 3 aromatic heterocycles. The van der Waals surface area contributed by atoms with Crippen LogP contribution in [0.2, 0.25) is 0 Å². The summed E-state index contributed by atoms with van der Waals surface area (Å²) >= 11 is 3.42. The molecule has 6 nitrogen and oxygen atoms in total. The predicted molar refractivity (Wildman–Crippen MR) is 113 cm³/mol. The van der Waals surface area contributed by atoms with E-state index < -0.39 is 0 Å². The van der Waals surface area contributed by atoms with Crippen molar-refractivity contribution in [3.8, 4) is 0 Å². The maximum absolute atomic E-state index is 4.54. The van der Waals surface area contributed by atoms with Crippen molar-refractivity contribution in [2.24, 2.45) is 10.2 Å². The fraction of sp³-hybridized carbons (Fsp3) is 0.278. The zero-order chi connectivity index (χ0) is 18.7. The van der Waals surface area contributed by atoms with Gasteiger partial charge in [-0.2, -0.15) is 0 Å². The van der Waals surface area contributed by atoms with Gasteiger partial charge in [0.05, 0.1) is 32.2 Å². The summed E-state index contributed by atoms with van der Waals surface area (Å²) in [7, 11) is 8.16. The van der Waals surface area contributed by atoms with Crippen LogP contribution in [-0.4, -0.2) is 45.3 Å². The molecule has 144 valence electrons. The van der Waals surface area contributed by atoms with Gasteiger partial charge in [-0.3, -0.25) is 0 Å². The molecular formula is C18H23ClN6S2. The first-order valence-corrected chi connectivity index (χ1v) is 9.80. The Labute approximate surface area is 174 Å². The van der Waals surface area contributed by atoms with Crippen LogP contribution in [0.3, 0.4) is 0 Å². The standard InChI is InChI=1S/C18H23N6S2.ClH/c1-14-23(19-12-15-6-8-17(25-15)21(2)3)10-11-24(14)20-13-16-7-9-18(26-16)22(4)5;/h6-13H,1-5H3;1H/q+1;/p-1. The molecule has 9 heteroatoms. The summed E-state index contributed by atoms with van der Waals surface area (Å²) in [6, 6.07) is 8.35. The number of imidazole rings is 1. The molecule has 0 atom stereocenters. The molecule has 0 amide bonds. The molecule has 0 aliphatic rings. The lowest BCUT2D eigenvalue weighted by molar-refractivity contribution is -0.684. The number of halogens is 1. The van der Waals surface area contributed by atoms with Gasteiger partial charge in [0.25, 0.3) is 0 Å². The summed E-state index contributed by atoms with van der Waals surface area (Å²) < 4.78 is 3.65. The van der Waals surface area contributed by atoms with Crippen LogP contribution < -0.4 is 26.9 Å². The SMILES string of the molecule is Cc1n(N=Cc2ccc(N(C)C)s2)cc[n+]1N=Cc1ccc(N(C)C)s1.[Cl-]. The summed E-state index contributed by atoms with van der Waals surface area (Å²) in [5.41, 5.74) is 0. The first-order valence-electron chi connectivity index (χ1n) is 8.16. The minimum Gasteiger partial charge on any atom is -1.00 e. The van der Waals surface area contributed by atoms with Crippen molar-refractivity contribution in [3.05, 3.63) is 52.2 Å². The number of aromatic nitrogens is 2. The topological polar surface area (TPSA) is 40.0 Å². The molecule has 27 heavy (non-hydrogen) atoms. The third-order valence-electron chi connectivity index (χ3n) is 3.74. The first-order chi connectivity index (χ1) is 12.4. The van der Waals surface area contributed by atoms with Crippen molar-refractivity contribution in [2.45, 2.75) is 6.92 Å². The van der Waals surface area contributed by atoms with E-state index in [0.717, 1.165) is 15.6 Å². The second-order valence-electron chi connectivity index (χ2n) is 6.16. The van der Waals surface area contributed by atoms with Crippen molar-refractivity contribution >= 4 is 45.1 Å². The monoisotopic (exact) mass is 422 g/mol. The molecule has 3 heterocycles. The molecular weight excluding hydrogens is 400 g/mol. The van der Waals surface area contributed by atoms with Gasteiger partial charge in [0.1, 0.15) is 0 Å². The highest BCUT2D eigenvalue weighted by Gasteiger charge is 2.11. The van der Waals surface area contributed by atoms with Crippen molar-refractivity contribution in [1.82, 2.24) is 4.68 Å². The third kappa shape index (κ3) is 5.18. The number of hydrogen-bond acceptors (Lipinski definition) is 6. The minimum atomic E-state index is 0. The van der Waals surface area contributed by atoms with E-state index >= 15 is 0 Å². The molecule has 0 aliphatic heterocycles. The zero-order valence-electron chi connectivity index (χ0n) is 16.0. The number of hydrogen-bond donors (Lipinski definition) is 0. The highest BCUT2D eigenvalue weighted by molar-refractivity contribution is 7.18. The molecule has 3 rings (SSSR count). The average Bonchev–Trinajstić information content (AvgIpc) is 3.31. The van der Waals surface area contributed by atoms with E-state index in [1.165, 1.54) is 10.0 Å². The van der Waals surface area contributed by atoms with E-state index in [2.05, 4.69) is 44.3 Å². The van der Waals surface area contributed by atoms with E-state index in [9.17, 15) is 0 Å². The van der Waals surface area contributed by atoms with Gasteiger partial charge >= 0.3 is 5.82 Å². The first kappa shape index (κ1) is 21.1. The molecule has 0 saturated heterocycles. The van der Waals surface area contributed by atoms with Crippen molar-refractivity contribution < 1.29 is 17.1 Å². The van der Waals surface area contributed by atoms with E-state index in [1.54, 1.807) is 22.7 Å². The van der Waals surface area contributed by atoms with Crippen LogP contribution in [0, 0.1) is 6.92 Å². The number of anilines is 2. The van der Waals surface area contributed by atoms with Gasteiger partial charge in [-0.25, -0.2) is 0 Å². The number of thiophene rings is 2. The number of nitrogens with zero attached hydrogens (tertiary/aromatic N) is 6. The fourth-order valence-corrected chi connectivity index (χ4v) is 3.83. The molecule has 3 aromatic rings. The molecule has 0 bridgehead atoms. The molecule has 0 spiro atoms. The highest BCUT2D eigenvalue weighted by atomic mass is 35.5. The predicted octanol–water partition coefficient (Wildman–Crippen LogP) is 0.107. The van der Waals surface area contributed by atoms with Crippen molar-refractivity contribution in [3.63, 3.8) is 0 Å². The highest BCUT2D eigenvalue weighted by Crippen LogP contribution is 2.23. The van der Waals surface area contributed by atoms with Crippen LogP contribution in [0.1, 0.15) is 15.6 Å². The molecule has 0 aliphatic carbocycles. The van der Waals surface area contributed by atoms with Gasteiger partial charge in [0.15, 0.2) is 12.4 Å².